The van der Waals surface area contributed by atoms with Crippen LogP contribution in [0.4, 0.5) is 0 Å². The molecule has 0 N–H and O–H groups in total. The average Bonchev–Trinajstić information content (AvgIpc) is 2.54. The van der Waals surface area contributed by atoms with Gasteiger partial charge in [0.2, 0.25) is 0 Å². The van der Waals surface area contributed by atoms with Gasteiger partial charge >= 0.3 is 11.9 Å². The Bertz CT molecular complexity index is 591. The summed E-state index contributed by atoms with van der Waals surface area (Å²) in [6.45, 7) is 0. The number of hydrogen-bond donors (Lipinski definition) is 0. The van der Waals surface area contributed by atoms with Gasteiger partial charge in [-0.15, -0.1) is 0 Å². The third-order valence-electron chi connectivity index (χ3n) is 5.99. The van der Waals surface area contributed by atoms with Crippen molar-refractivity contribution >= 4 is 11.9 Å². The van der Waals surface area contributed by atoms with Crippen LogP contribution in [0.1, 0.15) is 42.5 Å². The van der Waals surface area contributed by atoms with Crippen LogP contribution in [0, 0.1) is 29.6 Å². The van der Waals surface area contributed by atoms with E-state index in [2.05, 4.69) is 4.74 Å². The van der Waals surface area contributed by atoms with Crippen molar-refractivity contribution in [3.63, 3.8) is 0 Å². The van der Waals surface area contributed by atoms with Crippen LogP contribution in [0.15, 0.2) is 24.3 Å². The van der Waals surface area contributed by atoms with Crippen LogP contribution in [-0.4, -0.2) is 19.0 Å². The lowest BCUT2D eigenvalue weighted by molar-refractivity contribution is -0.152. The van der Waals surface area contributed by atoms with E-state index >= 15 is 0 Å². The molecule has 0 aliphatic heterocycles. The number of esters is 2. The van der Waals surface area contributed by atoms with E-state index in [1.54, 1.807) is 24.3 Å². The van der Waals surface area contributed by atoms with E-state index < -0.39 is 0 Å². The summed E-state index contributed by atoms with van der Waals surface area (Å²) in [5.41, 5.74) is 0.460. The molecule has 0 aromatic heterocycles. The highest BCUT2D eigenvalue weighted by Crippen LogP contribution is 2.56. The molecule has 4 bridgehead atoms. The van der Waals surface area contributed by atoms with E-state index in [1.807, 2.05) is 0 Å². The molecule has 23 heavy (non-hydrogen) atoms. The lowest BCUT2D eigenvalue weighted by atomic mass is 9.52. The Hall–Kier alpha value is -1.84. The smallest absolute Gasteiger partial charge is 0.337 e. The zero-order chi connectivity index (χ0) is 16.0. The summed E-state index contributed by atoms with van der Waals surface area (Å²) < 4.78 is 10.3. The maximum atomic E-state index is 12.7. The molecule has 1 aromatic rings. The summed E-state index contributed by atoms with van der Waals surface area (Å²) in [5.74, 6) is 2.86. The normalized spacial score (nSPS) is 34.2. The van der Waals surface area contributed by atoms with Crippen LogP contribution in [0.2, 0.25) is 0 Å². The Morgan fingerprint density at radius 1 is 0.913 bits per heavy atom. The lowest BCUT2D eigenvalue weighted by Crippen LogP contribution is -2.49. The molecule has 1 aromatic carbocycles. The first-order chi connectivity index (χ1) is 11.1. The Labute approximate surface area is 136 Å². The van der Waals surface area contributed by atoms with Gasteiger partial charge in [-0.3, -0.25) is 4.79 Å². The van der Waals surface area contributed by atoms with E-state index in [0.29, 0.717) is 23.1 Å². The molecular formula is C19H22O4. The summed E-state index contributed by atoms with van der Waals surface area (Å²) >= 11 is 0. The van der Waals surface area contributed by atoms with Crippen molar-refractivity contribution in [3.8, 4) is 5.75 Å². The fraction of sp³-hybridized carbons (Fsp3) is 0.579. The molecule has 0 amide bonds. The zero-order valence-electron chi connectivity index (χ0n) is 13.4. The number of hydrogen-bond acceptors (Lipinski definition) is 4. The Kier molecular flexibility index (Phi) is 3.63. The fourth-order valence-electron chi connectivity index (χ4n) is 5.27. The number of benzene rings is 1. The molecule has 0 radical (unpaired) electrons. The van der Waals surface area contributed by atoms with E-state index in [1.165, 1.54) is 39.2 Å². The molecule has 4 aliphatic carbocycles. The summed E-state index contributed by atoms with van der Waals surface area (Å²) in [5, 5.41) is 0. The molecule has 0 saturated heterocycles. The monoisotopic (exact) mass is 314 g/mol. The van der Waals surface area contributed by atoms with Gasteiger partial charge in [0, 0.05) is 0 Å². The molecule has 0 unspecified atom stereocenters. The van der Waals surface area contributed by atoms with Gasteiger partial charge in [0.15, 0.2) is 0 Å². The first kappa shape index (κ1) is 14.7. The largest absolute Gasteiger partial charge is 0.465 e. The maximum absolute atomic E-state index is 12.7. The maximum Gasteiger partial charge on any atom is 0.337 e. The van der Waals surface area contributed by atoms with E-state index in [4.69, 9.17) is 4.74 Å². The van der Waals surface area contributed by atoms with Crippen LogP contribution in [0.25, 0.3) is 0 Å². The van der Waals surface area contributed by atoms with Crippen LogP contribution in [0.5, 0.6) is 5.75 Å². The molecule has 0 heterocycles. The minimum Gasteiger partial charge on any atom is -0.465 e. The van der Waals surface area contributed by atoms with Gasteiger partial charge < -0.3 is 9.47 Å². The number of carbonyl (C=O) groups excluding carboxylic acids is 2. The van der Waals surface area contributed by atoms with E-state index in [0.717, 1.165) is 11.8 Å². The summed E-state index contributed by atoms with van der Waals surface area (Å²) in [4.78, 5) is 24.1. The lowest BCUT2D eigenvalue weighted by Gasteiger charge is -2.53. The van der Waals surface area contributed by atoms with Crippen molar-refractivity contribution in [2.75, 3.05) is 7.11 Å². The van der Waals surface area contributed by atoms with Crippen LogP contribution >= 0.6 is 0 Å². The van der Waals surface area contributed by atoms with Crippen molar-refractivity contribution in [2.24, 2.45) is 29.6 Å². The van der Waals surface area contributed by atoms with Crippen molar-refractivity contribution in [3.05, 3.63) is 29.8 Å². The van der Waals surface area contributed by atoms with Crippen molar-refractivity contribution in [1.82, 2.24) is 0 Å². The minimum absolute atomic E-state index is 0.0723. The highest BCUT2D eigenvalue weighted by Gasteiger charge is 2.51. The third kappa shape index (κ3) is 2.64. The van der Waals surface area contributed by atoms with Crippen molar-refractivity contribution in [2.45, 2.75) is 32.1 Å². The first-order valence-corrected chi connectivity index (χ1v) is 8.54. The molecule has 4 heteroatoms. The second-order valence-electron chi connectivity index (χ2n) is 7.39. The topological polar surface area (TPSA) is 52.6 Å². The predicted octanol–water partition coefficient (Wildman–Crippen LogP) is 3.45. The highest BCUT2D eigenvalue weighted by atomic mass is 16.5. The minimum atomic E-state index is -0.385. The van der Waals surface area contributed by atoms with Gasteiger partial charge in [-0.1, -0.05) is 0 Å². The molecule has 4 nitrogen and oxygen atoms in total. The van der Waals surface area contributed by atoms with Crippen molar-refractivity contribution < 1.29 is 19.1 Å². The quantitative estimate of drug-likeness (QED) is 0.633. The SMILES string of the molecule is COC(=O)c1ccc(OC(=O)C2C3CC4CC(C3)CC2C4)cc1. The number of methoxy groups -OCH3 is 1. The van der Waals surface area contributed by atoms with Gasteiger partial charge in [0.25, 0.3) is 0 Å². The van der Waals surface area contributed by atoms with Gasteiger partial charge in [-0.2, -0.15) is 0 Å². The van der Waals surface area contributed by atoms with Gasteiger partial charge in [-0.05, 0) is 80.0 Å². The molecule has 0 atom stereocenters. The molecule has 4 fully saturated rings. The molecule has 4 aliphatic rings. The van der Waals surface area contributed by atoms with Crippen LogP contribution in [-0.2, 0) is 9.53 Å². The summed E-state index contributed by atoms with van der Waals surface area (Å²) in [6, 6.07) is 6.59. The Balaban J connectivity index is 1.45. The number of ether oxygens (including phenoxy) is 2. The molecular weight excluding hydrogens is 292 g/mol. The summed E-state index contributed by atoms with van der Waals surface area (Å²) in [7, 11) is 1.35. The molecule has 122 valence electrons. The van der Waals surface area contributed by atoms with Gasteiger partial charge in [0.05, 0.1) is 18.6 Å². The fourth-order valence-corrected chi connectivity index (χ4v) is 5.27. The summed E-state index contributed by atoms with van der Waals surface area (Å²) in [6.07, 6.45) is 6.19. The van der Waals surface area contributed by atoms with Crippen LogP contribution in [0.3, 0.4) is 0 Å². The highest BCUT2D eigenvalue weighted by molar-refractivity contribution is 5.89. The Morgan fingerprint density at radius 3 is 2.00 bits per heavy atom. The molecule has 0 spiro atoms. The van der Waals surface area contributed by atoms with E-state index in [-0.39, 0.29) is 17.9 Å². The number of carbonyl (C=O) groups is 2. The Morgan fingerprint density at radius 2 is 1.48 bits per heavy atom. The first-order valence-electron chi connectivity index (χ1n) is 8.54. The van der Waals surface area contributed by atoms with Crippen molar-refractivity contribution in [1.29, 1.82) is 0 Å². The van der Waals surface area contributed by atoms with Crippen LogP contribution < -0.4 is 4.74 Å². The second kappa shape index (κ2) is 5.66. The van der Waals surface area contributed by atoms with Gasteiger partial charge in [-0.25, -0.2) is 4.79 Å². The standard InChI is InChI=1S/C19H22O4/c1-22-18(20)13-2-4-16(5-3-13)23-19(21)17-14-7-11-6-12(9-14)10-15(17)8-11/h2-5,11-12,14-15,17H,6-10H2,1H3. The van der Waals surface area contributed by atoms with Gasteiger partial charge in [0.1, 0.15) is 5.75 Å². The number of rotatable bonds is 3. The molecule has 5 rings (SSSR count). The third-order valence-corrected chi connectivity index (χ3v) is 5.99. The predicted molar refractivity (Wildman–Crippen MR) is 84.0 cm³/mol. The zero-order valence-corrected chi connectivity index (χ0v) is 13.4. The second-order valence-corrected chi connectivity index (χ2v) is 7.39. The molecule has 4 saturated carbocycles. The van der Waals surface area contributed by atoms with E-state index in [9.17, 15) is 9.59 Å². The average molecular weight is 314 g/mol.